The molecule has 0 amide bonds. The van der Waals surface area contributed by atoms with E-state index >= 15 is 0 Å². The molecule has 0 N–H and O–H groups in total. The molecule has 5 rings (SSSR count). The van der Waals surface area contributed by atoms with E-state index in [2.05, 4.69) is 11.8 Å². The monoisotopic (exact) mass is 389 g/mol. The summed E-state index contributed by atoms with van der Waals surface area (Å²) in [6, 6.07) is 0.810. The van der Waals surface area contributed by atoms with Crippen molar-refractivity contribution >= 4 is 11.9 Å². The van der Waals surface area contributed by atoms with Crippen LogP contribution in [0.3, 0.4) is 0 Å². The first-order chi connectivity index (χ1) is 13.4. The summed E-state index contributed by atoms with van der Waals surface area (Å²) < 4.78 is 17.8. The number of carbonyl (C=O) groups is 2. The Labute approximate surface area is 166 Å². The molecule has 0 aromatic heterocycles. The summed E-state index contributed by atoms with van der Waals surface area (Å²) in [5.41, 5.74) is 0.688. The van der Waals surface area contributed by atoms with Crippen LogP contribution < -0.4 is 0 Å². The summed E-state index contributed by atoms with van der Waals surface area (Å²) in [7, 11) is 0. The zero-order valence-electron chi connectivity index (χ0n) is 17.0. The Kier molecular flexibility index (Phi) is 4.55. The molecular weight excluding hydrogens is 358 g/mol. The lowest BCUT2D eigenvalue weighted by atomic mass is 9.80. The number of carbonyl (C=O) groups excluding carboxylic acids is 2. The first-order valence-corrected chi connectivity index (χ1v) is 10.9. The molecule has 4 fully saturated rings. The average Bonchev–Trinajstić information content (AvgIpc) is 3.35. The summed E-state index contributed by atoms with van der Waals surface area (Å²) >= 11 is 0. The lowest BCUT2D eigenvalue weighted by Gasteiger charge is -2.36. The molecule has 0 spiro atoms. The van der Waals surface area contributed by atoms with E-state index in [1.54, 1.807) is 0 Å². The highest BCUT2D eigenvalue weighted by atomic mass is 16.6. The molecular formula is C22H31NO5. The van der Waals surface area contributed by atoms with E-state index in [4.69, 9.17) is 14.2 Å². The molecule has 154 valence electrons. The molecule has 0 aromatic rings. The van der Waals surface area contributed by atoms with Crippen LogP contribution in [0.4, 0.5) is 0 Å². The maximum atomic E-state index is 11.9. The molecule has 28 heavy (non-hydrogen) atoms. The molecule has 0 aliphatic carbocycles. The van der Waals surface area contributed by atoms with Crippen molar-refractivity contribution in [2.75, 3.05) is 6.54 Å². The van der Waals surface area contributed by atoms with Gasteiger partial charge in [-0.25, -0.2) is 4.79 Å². The first kappa shape index (κ1) is 18.6. The average molecular weight is 389 g/mol. The van der Waals surface area contributed by atoms with Crippen molar-refractivity contribution in [2.24, 2.45) is 17.8 Å². The van der Waals surface area contributed by atoms with Crippen LogP contribution >= 0.6 is 0 Å². The third kappa shape index (κ3) is 2.83. The lowest BCUT2D eigenvalue weighted by molar-refractivity contribution is -0.147. The Hall–Kier alpha value is -1.40. The second kappa shape index (κ2) is 6.84. The summed E-state index contributed by atoms with van der Waals surface area (Å²) in [4.78, 5) is 26.4. The van der Waals surface area contributed by atoms with Gasteiger partial charge in [-0.15, -0.1) is 0 Å². The van der Waals surface area contributed by atoms with Gasteiger partial charge in [0.2, 0.25) is 0 Å². The normalized spacial score (nSPS) is 48.7. The van der Waals surface area contributed by atoms with Crippen LogP contribution in [0, 0.1) is 17.8 Å². The molecule has 6 nitrogen and oxygen atoms in total. The molecule has 6 heteroatoms. The Morgan fingerprint density at radius 3 is 2.50 bits per heavy atom. The number of fused-ring (bicyclic) bond motifs is 3. The van der Waals surface area contributed by atoms with Crippen LogP contribution in [0.1, 0.15) is 52.9 Å². The molecule has 0 saturated carbocycles. The van der Waals surface area contributed by atoms with Gasteiger partial charge in [-0.2, -0.15) is 0 Å². The van der Waals surface area contributed by atoms with Crippen molar-refractivity contribution in [3.05, 3.63) is 11.6 Å². The molecule has 0 unspecified atom stereocenters. The summed E-state index contributed by atoms with van der Waals surface area (Å²) in [6.07, 6.45) is 7.11. The molecule has 5 aliphatic rings. The minimum atomic E-state index is -0.253. The highest BCUT2D eigenvalue weighted by Gasteiger charge is 2.55. The molecule has 0 radical (unpaired) electrons. The number of esters is 2. The number of ether oxygens (including phenoxy) is 3. The third-order valence-corrected chi connectivity index (χ3v) is 7.83. The minimum Gasteiger partial charge on any atom is -0.460 e. The number of nitrogens with zero attached hydrogens (tertiary/aromatic N) is 1. The molecule has 9 atom stereocenters. The van der Waals surface area contributed by atoms with E-state index in [0.29, 0.717) is 29.5 Å². The van der Waals surface area contributed by atoms with E-state index in [1.807, 2.05) is 19.9 Å². The molecule has 0 aromatic carbocycles. The molecule has 0 bridgehead atoms. The number of hydrogen-bond acceptors (Lipinski definition) is 6. The Morgan fingerprint density at radius 1 is 1.04 bits per heavy atom. The lowest BCUT2D eigenvalue weighted by Crippen LogP contribution is -2.47. The van der Waals surface area contributed by atoms with Gasteiger partial charge < -0.3 is 14.2 Å². The highest BCUT2D eigenvalue weighted by molar-refractivity contribution is 5.90. The zero-order valence-corrected chi connectivity index (χ0v) is 17.0. The van der Waals surface area contributed by atoms with Crippen LogP contribution in [0.15, 0.2) is 11.6 Å². The summed E-state index contributed by atoms with van der Waals surface area (Å²) in [6.45, 7) is 7.11. The van der Waals surface area contributed by atoms with Gasteiger partial charge in [0.1, 0.15) is 18.3 Å². The van der Waals surface area contributed by atoms with Crippen LogP contribution in [-0.2, 0) is 23.8 Å². The van der Waals surface area contributed by atoms with Crippen LogP contribution in [0.5, 0.6) is 0 Å². The fourth-order valence-corrected chi connectivity index (χ4v) is 6.47. The van der Waals surface area contributed by atoms with Crippen molar-refractivity contribution in [2.45, 2.75) is 89.4 Å². The maximum absolute atomic E-state index is 11.9. The smallest absolute Gasteiger partial charge is 0.334 e. The Morgan fingerprint density at radius 2 is 1.82 bits per heavy atom. The summed E-state index contributed by atoms with van der Waals surface area (Å²) in [5, 5.41) is 0. The van der Waals surface area contributed by atoms with Gasteiger partial charge in [0, 0.05) is 23.6 Å². The minimum absolute atomic E-state index is 0.0222. The van der Waals surface area contributed by atoms with E-state index in [-0.39, 0.29) is 42.3 Å². The van der Waals surface area contributed by atoms with Crippen LogP contribution in [0.2, 0.25) is 0 Å². The Balaban J connectivity index is 1.35. The number of rotatable bonds is 2. The quantitative estimate of drug-likeness (QED) is 0.676. The van der Waals surface area contributed by atoms with E-state index in [0.717, 1.165) is 38.6 Å². The SMILES string of the molecule is CC1=C[C@@H]([C@H]2O[C@@H]3CCCN4[C@H](CC[C@H]4[C@@H]4C[C@H](C)C(=O)O4)[C@H]3[C@@H]2C)OC1=O. The highest BCUT2D eigenvalue weighted by Crippen LogP contribution is 2.48. The van der Waals surface area contributed by atoms with Crippen molar-refractivity contribution in [3.8, 4) is 0 Å². The van der Waals surface area contributed by atoms with Crippen molar-refractivity contribution in [1.82, 2.24) is 4.90 Å². The Bertz CT molecular complexity index is 705. The number of cyclic esters (lactones) is 2. The second-order valence-corrected chi connectivity index (χ2v) is 9.50. The van der Waals surface area contributed by atoms with E-state index in [1.165, 1.54) is 0 Å². The summed E-state index contributed by atoms with van der Waals surface area (Å²) in [5.74, 6) is 0.546. The third-order valence-electron chi connectivity index (χ3n) is 7.83. The predicted molar refractivity (Wildman–Crippen MR) is 101 cm³/mol. The van der Waals surface area contributed by atoms with Gasteiger partial charge in [-0.1, -0.05) is 13.8 Å². The van der Waals surface area contributed by atoms with Crippen molar-refractivity contribution in [3.63, 3.8) is 0 Å². The zero-order chi connectivity index (χ0) is 19.6. The van der Waals surface area contributed by atoms with Gasteiger partial charge in [-0.3, -0.25) is 9.69 Å². The van der Waals surface area contributed by atoms with Gasteiger partial charge >= 0.3 is 11.9 Å². The fourth-order valence-electron chi connectivity index (χ4n) is 6.47. The van der Waals surface area contributed by atoms with E-state index in [9.17, 15) is 9.59 Å². The topological polar surface area (TPSA) is 65.1 Å². The van der Waals surface area contributed by atoms with Gasteiger partial charge in [0.05, 0.1) is 12.0 Å². The predicted octanol–water partition coefficient (Wildman–Crippen LogP) is 2.46. The van der Waals surface area contributed by atoms with Gasteiger partial charge in [0.25, 0.3) is 0 Å². The fraction of sp³-hybridized carbons (Fsp3) is 0.818. The van der Waals surface area contributed by atoms with Crippen LogP contribution in [0.25, 0.3) is 0 Å². The van der Waals surface area contributed by atoms with E-state index < -0.39 is 0 Å². The maximum Gasteiger partial charge on any atom is 0.334 e. The molecule has 4 saturated heterocycles. The number of hydrogen-bond donors (Lipinski definition) is 0. The van der Waals surface area contributed by atoms with Crippen molar-refractivity contribution < 1.29 is 23.8 Å². The molecule has 5 aliphatic heterocycles. The van der Waals surface area contributed by atoms with Crippen LogP contribution in [-0.4, -0.2) is 59.9 Å². The standard InChI is InChI=1S/C22H31NO5/c1-11-9-17(27-21(11)24)14-6-7-15-19-13(3)20(18-10-12(2)22(25)28-18)26-16(19)5-4-8-23(14)15/h10-11,13-20H,4-9H2,1-3H3/t11-,13-,14-,15+,16+,17-,18-,19+,20-/m0/s1. The largest absolute Gasteiger partial charge is 0.460 e. The van der Waals surface area contributed by atoms with Crippen molar-refractivity contribution in [1.29, 1.82) is 0 Å². The first-order valence-electron chi connectivity index (χ1n) is 10.9. The second-order valence-electron chi connectivity index (χ2n) is 9.50. The van der Waals surface area contributed by atoms with Gasteiger partial charge in [0.15, 0.2) is 0 Å². The van der Waals surface area contributed by atoms with Gasteiger partial charge in [-0.05, 0) is 57.6 Å². The molecule has 5 heterocycles.